The van der Waals surface area contributed by atoms with Crippen molar-refractivity contribution in [2.75, 3.05) is 12.4 Å². The lowest BCUT2D eigenvalue weighted by Crippen LogP contribution is -2.46. The average Bonchev–Trinajstić information content (AvgIpc) is 2.79. The molecule has 0 radical (unpaired) electrons. The summed E-state index contributed by atoms with van der Waals surface area (Å²) in [6.07, 6.45) is -9.19. The fourth-order valence-electron chi connectivity index (χ4n) is 2.90. The quantitative estimate of drug-likeness (QED) is 0.499. The van der Waals surface area contributed by atoms with Crippen LogP contribution in [0.2, 0.25) is 0 Å². The molecule has 37 heavy (non-hydrogen) atoms. The number of carboxylic acid groups (broad SMARTS) is 1. The lowest BCUT2D eigenvalue weighted by molar-refractivity contribution is -0.192. The Morgan fingerprint density at radius 2 is 1.81 bits per heavy atom. The van der Waals surface area contributed by atoms with Crippen LogP contribution in [0.1, 0.15) is 29.5 Å². The molecule has 0 aliphatic carbocycles. The maximum Gasteiger partial charge on any atom is 0.490 e. The van der Waals surface area contributed by atoms with Crippen molar-refractivity contribution in [2.24, 2.45) is 10.7 Å². The first-order chi connectivity index (χ1) is 17.0. The number of nitrogens with one attached hydrogen (secondary N) is 1. The van der Waals surface area contributed by atoms with Gasteiger partial charge in [0.15, 0.2) is 11.6 Å². The third-order valence-corrected chi connectivity index (χ3v) is 4.61. The number of nitrogens with two attached hydrogens (primary N) is 1. The number of aromatic nitrogens is 2. The van der Waals surface area contributed by atoms with Crippen molar-refractivity contribution in [3.8, 4) is 5.75 Å². The Morgan fingerprint density at radius 3 is 2.30 bits per heavy atom. The van der Waals surface area contributed by atoms with Crippen molar-refractivity contribution in [2.45, 2.75) is 37.3 Å². The van der Waals surface area contributed by atoms with Crippen LogP contribution in [-0.2, 0) is 15.1 Å². The molecule has 0 saturated heterocycles. The molecule has 0 fully saturated rings. The van der Waals surface area contributed by atoms with Crippen LogP contribution < -0.4 is 15.8 Å². The second-order valence-corrected chi connectivity index (χ2v) is 7.43. The highest BCUT2D eigenvalue weighted by atomic mass is 19.4. The van der Waals surface area contributed by atoms with Crippen molar-refractivity contribution in [1.29, 1.82) is 0 Å². The number of halogens is 7. The van der Waals surface area contributed by atoms with Gasteiger partial charge in [-0.2, -0.15) is 26.3 Å². The normalized spacial score (nSPS) is 19.5. The van der Waals surface area contributed by atoms with Gasteiger partial charge in [0.2, 0.25) is 0 Å². The maximum absolute atomic E-state index is 14.5. The highest BCUT2D eigenvalue weighted by Gasteiger charge is 2.50. The number of anilines is 1. The van der Waals surface area contributed by atoms with E-state index < -0.39 is 59.8 Å². The number of aliphatic carboxylic acids is 1. The highest BCUT2D eigenvalue weighted by molar-refractivity contribution is 6.02. The Morgan fingerprint density at radius 1 is 1.19 bits per heavy atom. The van der Waals surface area contributed by atoms with Crippen LogP contribution in [0.5, 0.6) is 5.75 Å². The van der Waals surface area contributed by atoms with Gasteiger partial charge in [-0.25, -0.2) is 24.1 Å². The zero-order valence-corrected chi connectivity index (χ0v) is 18.8. The molecule has 10 nitrogen and oxygen atoms in total. The second-order valence-electron chi connectivity index (χ2n) is 7.43. The van der Waals surface area contributed by atoms with E-state index in [1.165, 1.54) is 32.4 Å². The summed E-state index contributed by atoms with van der Waals surface area (Å²) in [6.45, 7) is 1.22. The number of hydrogen-bond donors (Lipinski definition) is 3. The number of hydrogen-bond acceptors (Lipinski definition) is 8. The molecule has 1 aliphatic heterocycles. The largest absolute Gasteiger partial charge is 0.495 e. The van der Waals surface area contributed by atoms with Gasteiger partial charge in [-0.1, -0.05) is 0 Å². The second kappa shape index (κ2) is 10.8. The molecule has 202 valence electrons. The first kappa shape index (κ1) is 29.1. The smallest absolute Gasteiger partial charge is 0.490 e. The average molecular weight is 541 g/mol. The minimum atomic E-state index is -5.08. The highest BCUT2D eigenvalue weighted by Crippen LogP contribution is 2.40. The van der Waals surface area contributed by atoms with E-state index in [2.05, 4.69) is 20.3 Å². The number of amides is 1. The molecule has 17 heteroatoms. The molecule has 1 amide bonds. The molecule has 0 aromatic carbocycles. The molecule has 2 atom stereocenters. The predicted octanol–water partition coefficient (Wildman–Crippen LogP) is 3.39. The van der Waals surface area contributed by atoms with E-state index in [0.29, 0.717) is 5.75 Å². The number of aliphatic imine (C=N–C) groups is 1. The first-order valence-corrected chi connectivity index (χ1v) is 9.84. The zero-order valence-electron chi connectivity index (χ0n) is 18.8. The summed E-state index contributed by atoms with van der Waals surface area (Å²) in [7, 11) is 1.44. The van der Waals surface area contributed by atoms with E-state index in [1.54, 1.807) is 0 Å². The van der Waals surface area contributed by atoms with E-state index >= 15 is 0 Å². The van der Waals surface area contributed by atoms with Gasteiger partial charge in [0, 0.05) is 6.42 Å². The Balaban J connectivity index is 0.000000604. The van der Waals surface area contributed by atoms with Crippen LogP contribution in [0.3, 0.4) is 0 Å². The van der Waals surface area contributed by atoms with Crippen molar-refractivity contribution in [3.63, 3.8) is 0 Å². The summed E-state index contributed by atoms with van der Waals surface area (Å²) >= 11 is 0. The van der Waals surface area contributed by atoms with Crippen molar-refractivity contribution >= 4 is 23.7 Å². The molecule has 4 N–H and O–H groups in total. The number of carbonyl (C=O) groups excluding carboxylic acids is 1. The monoisotopic (exact) mass is 541 g/mol. The number of nitrogens with zero attached hydrogens (tertiary/aromatic N) is 3. The standard InChI is InChI=1S/C18H17F4N5O3.C2HF3O2/c1-17(7-12(18(20,21)22)25-16(23)30-17)14-10(19)4-6-13(26-14)27-15(28)11-5-3-9(29-2)8-24-11;3-2(4,5)1(6)7/h3-6,8,12H,7H2,1-2H3,(H2,23,25)(H,26,27,28);(H,6,7)/t12-,17-;/m0./s1. The van der Waals surface area contributed by atoms with Crippen molar-refractivity contribution < 1.29 is 54.9 Å². The molecule has 3 rings (SSSR count). The van der Waals surface area contributed by atoms with Crippen molar-refractivity contribution in [1.82, 2.24) is 9.97 Å². The van der Waals surface area contributed by atoms with Crippen LogP contribution in [-0.4, -0.2) is 58.5 Å². The zero-order chi connectivity index (χ0) is 28.2. The molecular formula is C20H18F7N5O5. The molecule has 2 aromatic rings. The Bertz CT molecular complexity index is 1170. The summed E-state index contributed by atoms with van der Waals surface area (Å²) in [5.41, 5.74) is 3.12. The molecule has 1 aliphatic rings. The predicted molar refractivity (Wildman–Crippen MR) is 111 cm³/mol. The topological polar surface area (TPSA) is 149 Å². The van der Waals surface area contributed by atoms with Crippen molar-refractivity contribution in [3.05, 3.63) is 47.7 Å². The summed E-state index contributed by atoms with van der Waals surface area (Å²) in [5, 5.41) is 9.54. The molecular weight excluding hydrogens is 523 g/mol. The van der Waals surface area contributed by atoms with Crippen LogP contribution in [0.4, 0.5) is 36.6 Å². The van der Waals surface area contributed by atoms with E-state index in [0.717, 1.165) is 12.1 Å². The lowest BCUT2D eigenvalue weighted by Gasteiger charge is -2.36. The number of rotatable bonds is 4. The molecule has 2 aromatic heterocycles. The van der Waals surface area contributed by atoms with Gasteiger partial charge in [0.25, 0.3) is 11.9 Å². The van der Waals surface area contributed by atoms with Crippen LogP contribution in [0, 0.1) is 5.82 Å². The van der Waals surface area contributed by atoms with E-state index in [1.807, 2.05) is 0 Å². The first-order valence-electron chi connectivity index (χ1n) is 9.84. The molecule has 0 bridgehead atoms. The number of amidine groups is 1. The molecule has 0 unspecified atom stereocenters. The third-order valence-electron chi connectivity index (χ3n) is 4.61. The number of methoxy groups -OCH3 is 1. The molecule has 0 spiro atoms. The van der Waals surface area contributed by atoms with Gasteiger partial charge in [-0.15, -0.1) is 0 Å². The SMILES string of the molecule is COc1ccc(C(=O)Nc2ccc(F)c([C@]3(C)C[C@@H](C(F)(F)F)N=C(N)O3)n2)nc1.O=C(O)C(F)(F)F. The minimum Gasteiger partial charge on any atom is -0.495 e. The third kappa shape index (κ3) is 7.65. The number of alkyl halides is 6. The Labute approximate surface area is 203 Å². The fraction of sp³-hybridized carbons (Fsp3) is 0.350. The van der Waals surface area contributed by atoms with Crippen LogP contribution in [0.15, 0.2) is 35.5 Å². The van der Waals surface area contributed by atoms with Gasteiger partial charge < -0.3 is 25.6 Å². The van der Waals surface area contributed by atoms with E-state index in [-0.39, 0.29) is 11.5 Å². The van der Waals surface area contributed by atoms with Gasteiger partial charge >= 0.3 is 18.3 Å². The summed E-state index contributed by atoms with van der Waals surface area (Å²) in [6, 6.07) is 2.11. The summed E-state index contributed by atoms with van der Waals surface area (Å²) < 4.78 is 95.8. The maximum atomic E-state index is 14.5. The lowest BCUT2D eigenvalue weighted by atomic mass is 9.91. The van der Waals surface area contributed by atoms with E-state index in [4.69, 9.17) is 25.1 Å². The van der Waals surface area contributed by atoms with Crippen LogP contribution >= 0.6 is 0 Å². The fourth-order valence-corrected chi connectivity index (χ4v) is 2.90. The summed E-state index contributed by atoms with van der Waals surface area (Å²) in [4.78, 5) is 32.3. The summed E-state index contributed by atoms with van der Waals surface area (Å²) in [5.74, 6) is -4.01. The number of carboxylic acids is 1. The van der Waals surface area contributed by atoms with Gasteiger partial charge in [0.1, 0.15) is 28.8 Å². The Hall–Kier alpha value is -4.18. The molecule has 3 heterocycles. The van der Waals surface area contributed by atoms with Gasteiger partial charge in [0.05, 0.1) is 13.3 Å². The van der Waals surface area contributed by atoms with E-state index in [9.17, 15) is 35.5 Å². The number of ether oxygens (including phenoxy) is 2. The molecule has 0 saturated carbocycles. The Kier molecular flexibility index (Phi) is 8.51. The number of carbonyl (C=O) groups is 2. The van der Waals surface area contributed by atoms with Crippen LogP contribution in [0.25, 0.3) is 0 Å². The number of pyridine rings is 2. The minimum absolute atomic E-state index is 0.0251. The van der Waals surface area contributed by atoms with Gasteiger partial charge in [-0.3, -0.25) is 4.79 Å². The van der Waals surface area contributed by atoms with Gasteiger partial charge in [-0.05, 0) is 31.2 Å².